The third-order valence-electron chi connectivity index (χ3n) is 3.65. The minimum atomic E-state index is -1.35. The van der Waals surface area contributed by atoms with Crippen molar-refractivity contribution in [3.05, 3.63) is 60.2 Å². The highest BCUT2D eigenvalue weighted by molar-refractivity contribution is 7.07. The Labute approximate surface area is 160 Å². The maximum absolute atomic E-state index is 12.1. The first-order valence-corrected chi connectivity index (χ1v) is 8.97. The second kappa shape index (κ2) is 7.45. The monoisotopic (exact) mass is 411 g/mol. The molecule has 7 nitrogen and oxygen atoms in total. The van der Waals surface area contributed by atoms with Crippen LogP contribution in [0.3, 0.4) is 0 Å². The molecule has 0 radical (unpaired) electrons. The Morgan fingerprint density at radius 1 is 1.31 bits per heavy atom. The van der Waals surface area contributed by atoms with Crippen molar-refractivity contribution in [3.8, 4) is 0 Å². The summed E-state index contributed by atoms with van der Waals surface area (Å²) in [5.74, 6) is -1.62. The first-order valence-electron chi connectivity index (χ1n) is 7.27. The third-order valence-corrected chi connectivity index (χ3v) is 5.11. The number of benzene rings is 1. The van der Waals surface area contributed by atoms with E-state index in [2.05, 4.69) is 15.3 Å². The average molecular weight is 412 g/mol. The van der Waals surface area contributed by atoms with Crippen LogP contribution >= 0.6 is 34.5 Å². The fraction of sp³-hybridized carbons (Fsp3) is 0.125. The van der Waals surface area contributed by atoms with E-state index < -0.39 is 17.1 Å². The molecular weight excluding hydrogens is 401 g/mol. The lowest BCUT2D eigenvalue weighted by atomic mass is 10.1. The normalized spacial score (nSPS) is 10.8. The Morgan fingerprint density at radius 2 is 2.08 bits per heavy atom. The van der Waals surface area contributed by atoms with Crippen molar-refractivity contribution in [1.29, 1.82) is 0 Å². The molecule has 26 heavy (non-hydrogen) atoms. The second-order valence-corrected chi connectivity index (χ2v) is 6.87. The van der Waals surface area contributed by atoms with Crippen LogP contribution in [0.1, 0.15) is 21.6 Å². The number of aromatic nitrogens is 2. The van der Waals surface area contributed by atoms with Crippen LogP contribution in [-0.4, -0.2) is 27.0 Å². The topological polar surface area (TPSA) is 112 Å². The Morgan fingerprint density at radius 3 is 2.73 bits per heavy atom. The van der Waals surface area contributed by atoms with E-state index in [1.54, 1.807) is 10.9 Å². The molecular formula is C16H11Cl2N3O4S. The lowest BCUT2D eigenvalue weighted by Gasteiger charge is -2.12. The molecule has 0 fully saturated rings. The summed E-state index contributed by atoms with van der Waals surface area (Å²) in [4.78, 5) is 41.7. The maximum atomic E-state index is 12.1. The Bertz CT molecular complexity index is 1060. The predicted octanol–water partition coefficient (Wildman–Crippen LogP) is 2.85. The second-order valence-electron chi connectivity index (χ2n) is 5.37. The van der Waals surface area contributed by atoms with Crippen LogP contribution < -0.4 is 10.9 Å². The van der Waals surface area contributed by atoms with Crippen molar-refractivity contribution in [2.75, 3.05) is 0 Å². The van der Waals surface area contributed by atoms with Gasteiger partial charge in [0.15, 0.2) is 0 Å². The number of hydrogen-bond acceptors (Lipinski definition) is 5. The number of aromatic carboxylic acids is 1. The van der Waals surface area contributed by atoms with Gasteiger partial charge in [-0.25, -0.2) is 9.78 Å². The maximum Gasteiger partial charge on any atom is 0.341 e. The molecule has 3 aromatic rings. The number of carbonyl (C=O) groups excluding carboxylic acids is 1. The van der Waals surface area contributed by atoms with Gasteiger partial charge < -0.3 is 15.4 Å². The van der Waals surface area contributed by atoms with Crippen molar-refractivity contribution in [1.82, 2.24) is 15.3 Å². The Kier molecular flexibility index (Phi) is 5.26. The molecule has 0 aliphatic heterocycles. The van der Waals surface area contributed by atoms with E-state index in [-0.39, 0.29) is 28.9 Å². The Hall–Kier alpha value is -2.42. The lowest BCUT2D eigenvalue weighted by Crippen LogP contribution is -2.25. The van der Waals surface area contributed by atoms with Crippen molar-refractivity contribution < 1.29 is 14.7 Å². The molecule has 3 rings (SSSR count). The number of pyridine rings is 1. The fourth-order valence-electron chi connectivity index (χ4n) is 2.43. The summed E-state index contributed by atoms with van der Waals surface area (Å²) in [5.41, 5.74) is 1.83. The van der Waals surface area contributed by atoms with E-state index in [0.29, 0.717) is 22.2 Å². The summed E-state index contributed by atoms with van der Waals surface area (Å²) < 4.78 is 0. The molecule has 3 N–H and O–H groups in total. The number of rotatable bonds is 5. The van der Waals surface area contributed by atoms with E-state index in [1.807, 2.05) is 0 Å². The molecule has 0 bridgehead atoms. The van der Waals surface area contributed by atoms with Gasteiger partial charge in [-0.05, 0) is 12.1 Å². The van der Waals surface area contributed by atoms with E-state index in [1.165, 1.54) is 23.5 Å². The quantitative estimate of drug-likeness (QED) is 0.597. The Balaban J connectivity index is 1.95. The van der Waals surface area contributed by atoms with E-state index in [0.717, 1.165) is 0 Å². The molecule has 0 saturated carbocycles. The summed E-state index contributed by atoms with van der Waals surface area (Å²) in [6.07, 6.45) is 0.110. The number of carbonyl (C=O) groups is 2. The van der Waals surface area contributed by atoms with Gasteiger partial charge in [0, 0.05) is 22.9 Å². The van der Waals surface area contributed by atoms with Crippen LogP contribution in [0, 0.1) is 0 Å². The van der Waals surface area contributed by atoms with Gasteiger partial charge in [0.1, 0.15) is 5.56 Å². The van der Waals surface area contributed by atoms with Crippen LogP contribution in [0.2, 0.25) is 10.0 Å². The van der Waals surface area contributed by atoms with E-state index in [9.17, 15) is 14.4 Å². The summed E-state index contributed by atoms with van der Waals surface area (Å²) in [6.45, 7) is 0.0151. The minimum absolute atomic E-state index is 0.0151. The van der Waals surface area contributed by atoms with Gasteiger partial charge in [0.2, 0.25) is 5.91 Å². The van der Waals surface area contributed by atoms with Gasteiger partial charge in [-0.2, -0.15) is 0 Å². The average Bonchev–Trinajstić information content (AvgIpc) is 3.08. The molecule has 1 amide bonds. The van der Waals surface area contributed by atoms with E-state index >= 15 is 0 Å². The molecule has 0 aliphatic carbocycles. The van der Waals surface area contributed by atoms with Crippen LogP contribution in [0.25, 0.3) is 10.9 Å². The van der Waals surface area contributed by atoms with Gasteiger partial charge in [0.05, 0.1) is 33.2 Å². The zero-order valence-corrected chi connectivity index (χ0v) is 15.3. The number of aromatic amines is 1. The molecule has 2 heterocycles. The van der Waals surface area contributed by atoms with Crippen molar-refractivity contribution in [3.63, 3.8) is 0 Å². The number of thiazole rings is 1. The van der Waals surface area contributed by atoms with Crippen LogP contribution in [0.5, 0.6) is 0 Å². The van der Waals surface area contributed by atoms with Gasteiger partial charge in [0.25, 0.3) is 5.56 Å². The lowest BCUT2D eigenvalue weighted by molar-refractivity contribution is -0.120. The van der Waals surface area contributed by atoms with Crippen LogP contribution in [0.15, 0.2) is 27.8 Å². The number of carboxylic acid groups (broad SMARTS) is 1. The summed E-state index contributed by atoms with van der Waals surface area (Å²) in [5, 5.41) is 14.3. The first-order chi connectivity index (χ1) is 12.4. The molecule has 0 spiro atoms. The molecule has 134 valence electrons. The van der Waals surface area contributed by atoms with Gasteiger partial charge >= 0.3 is 5.97 Å². The fourth-order valence-corrected chi connectivity index (χ4v) is 3.43. The number of nitrogens with zero attached hydrogens (tertiary/aromatic N) is 1. The van der Waals surface area contributed by atoms with Crippen molar-refractivity contribution in [2.24, 2.45) is 0 Å². The SMILES string of the molecule is O=C(Cc1cscn1)NCc1c(Cl)c(Cl)cc2cc(C(=O)O)c(=O)[nH]c12. The molecule has 0 unspecified atom stereocenters. The summed E-state index contributed by atoms with van der Waals surface area (Å²) in [7, 11) is 0. The number of amides is 1. The largest absolute Gasteiger partial charge is 0.477 e. The van der Waals surface area contributed by atoms with E-state index in [4.69, 9.17) is 28.3 Å². The number of H-pyrrole nitrogens is 1. The van der Waals surface area contributed by atoms with Crippen LogP contribution in [0.4, 0.5) is 0 Å². The highest BCUT2D eigenvalue weighted by atomic mass is 35.5. The molecule has 0 aliphatic rings. The number of halogens is 2. The minimum Gasteiger partial charge on any atom is -0.477 e. The van der Waals surface area contributed by atoms with Crippen molar-refractivity contribution >= 4 is 57.3 Å². The highest BCUT2D eigenvalue weighted by Crippen LogP contribution is 2.32. The molecule has 2 aromatic heterocycles. The van der Waals surface area contributed by atoms with Crippen molar-refractivity contribution in [2.45, 2.75) is 13.0 Å². The summed E-state index contributed by atoms with van der Waals surface area (Å²) >= 11 is 13.7. The zero-order chi connectivity index (χ0) is 18.8. The smallest absolute Gasteiger partial charge is 0.341 e. The third kappa shape index (κ3) is 3.72. The number of nitrogens with one attached hydrogen (secondary N) is 2. The molecule has 0 saturated heterocycles. The first kappa shape index (κ1) is 18.4. The molecule has 10 heteroatoms. The number of fused-ring (bicyclic) bond motifs is 1. The summed E-state index contributed by atoms with van der Waals surface area (Å²) in [6, 6.07) is 2.68. The van der Waals surface area contributed by atoms with Gasteiger partial charge in [-0.15, -0.1) is 11.3 Å². The molecule has 1 aromatic carbocycles. The standard InChI is InChI=1S/C16H11Cl2N3O4S/c17-11-2-7-1-9(16(24)25)15(23)21-14(7)10(13(11)18)4-19-12(22)3-8-5-26-6-20-8/h1-2,5-6H,3-4H2,(H,19,22)(H,21,23)(H,24,25). The van der Waals surface area contributed by atoms with Gasteiger partial charge in [-0.3, -0.25) is 9.59 Å². The number of hydrogen-bond donors (Lipinski definition) is 3. The van der Waals surface area contributed by atoms with Crippen LogP contribution in [-0.2, 0) is 17.8 Å². The zero-order valence-electron chi connectivity index (χ0n) is 13.0. The van der Waals surface area contributed by atoms with Gasteiger partial charge in [-0.1, -0.05) is 23.2 Å². The molecule has 0 atom stereocenters. The predicted molar refractivity (Wildman–Crippen MR) is 99.2 cm³/mol. The highest BCUT2D eigenvalue weighted by Gasteiger charge is 2.17. The number of carboxylic acids is 1.